The summed E-state index contributed by atoms with van der Waals surface area (Å²) >= 11 is 0. The quantitative estimate of drug-likeness (QED) is 0.213. The SMILES string of the molecule is CCC(NC(=O)c1cccc(C(=O)NCCCN(CC)CC)c1)N(CC)CC.CCCNC(C)C(C)=O. The molecule has 0 aliphatic carbocycles. The molecule has 8 nitrogen and oxygen atoms in total. The largest absolute Gasteiger partial charge is 0.352 e. The Hall–Kier alpha value is -2.29. The molecule has 0 radical (unpaired) electrons. The average molecular weight is 520 g/mol. The molecule has 0 aromatic heterocycles. The Morgan fingerprint density at radius 1 is 0.865 bits per heavy atom. The van der Waals surface area contributed by atoms with Crippen molar-refractivity contribution in [2.75, 3.05) is 45.8 Å². The van der Waals surface area contributed by atoms with Gasteiger partial charge in [-0.15, -0.1) is 0 Å². The number of Topliss-reactive ketones (excluding diaryl/α,β-unsaturated/α-hetero) is 1. The maximum Gasteiger partial charge on any atom is 0.252 e. The van der Waals surface area contributed by atoms with Crippen LogP contribution in [0.4, 0.5) is 0 Å². The number of carbonyl (C=O) groups excluding carboxylic acids is 3. The van der Waals surface area contributed by atoms with Gasteiger partial charge in [0.15, 0.2) is 0 Å². The minimum Gasteiger partial charge on any atom is -0.352 e. The molecule has 0 bridgehead atoms. The number of ketones is 1. The second kappa shape index (κ2) is 20.7. The van der Waals surface area contributed by atoms with E-state index in [4.69, 9.17) is 0 Å². The van der Waals surface area contributed by atoms with Crippen molar-refractivity contribution in [1.82, 2.24) is 25.8 Å². The molecular formula is C29H53N5O3. The molecule has 37 heavy (non-hydrogen) atoms. The van der Waals surface area contributed by atoms with E-state index >= 15 is 0 Å². The first-order valence-electron chi connectivity index (χ1n) is 14.1. The third-order valence-corrected chi connectivity index (χ3v) is 6.47. The van der Waals surface area contributed by atoms with Crippen molar-refractivity contribution in [3.63, 3.8) is 0 Å². The molecule has 3 N–H and O–H groups in total. The summed E-state index contributed by atoms with van der Waals surface area (Å²) in [6, 6.07) is 6.96. The fourth-order valence-corrected chi connectivity index (χ4v) is 3.80. The first-order chi connectivity index (χ1) is 17.7. The number of rotatable bonds is 17. The topological polar surface area (TPSA) is 93.8 Å². The molecule has 1 aromatic rings. The third kappa shape index (κ3) is 14.3. The normalized spacial score (nSPS) is 12.5. The molecule has 2 amide bonds. The lowest BCUT2D eigenvalue weighted by Gasteiger charge is -2.29. The molecular weight excluding hydrogens is 466 g/mol. The van der Waals surface area contributed by atoms with Crippen LogP contribution in [0, 0.1) is 0 Å². The molecule has 1 rings (SSSR count). The Labute approximate surface area is 225 Å². The van der Waals surface area contributed by atoms with E-state index in [1.807, 2.05) is 6.92 Å². The van der Waals surface area contributed by atoms with Gasteiger partial charge in [-0.05, 0) is 90.6 Å². The Balaban J connectivity index is 0.00000122. The summed E-state index contributed by atoms with van der Waals surface area (Å²) in [6.45, 7) is 22.4. The average Bonchev–Trinajstić information content (AvgIpc) is 2.91. The van der Waals surface area contributed by atoms with Gasteiger partial charge in [0.25, 0.3) is 11.8 Å². The van der Waals surface area contributed by atoms with E-state index in [2.05, 4.69) is 67.3 Å². The van der Waals surface area contributed by atoms with Crippen LogP contribution in [0.5, 0.6) is 0 Å². The van der Waals surface area contributed by atoms with Crippen molar-refractivity contribution in [2.24, 2.45) is 0 Å². The Kier molecular flexibility index (Phi) is 19.4. The summed E-state index contributed by atoms with van der Waals surface area (Å²) in [4.78, 5) is 40.2. The number of hydrogen-bond acceptors (Lipinski definition) is 6. The fraction of sp³-hybridized carbons (Fsp3) is 0.690. The summed E-state index contributed by atoms with van der Waals surface area (Å²) in [6.07, 6.45) is 2.83. The van der Waals surface area contributed by atoms with Gasteiger partial charge in [0.2, 0.25) is 0 Å². The lowest BCUT2D eigenvalue weighted by molar-refractivity contribution is -0.118. The van der Waals surface area contributed by atoms with E-state index in [-0.39, 0.29) is 29.8 Å². The Morgan fingerprint density at radius 3 is 1.95 bits per heavy atom. The van der Waals surface area contributed by atoms with Crippen LogP contribution in [0.1, 0.15) is 95.4 Å². The molecule has 2 unspecified atom stereocenters. The zero-order chi connectivity index (χ0) is 28.2. The second-order valence-corrected chi connectivity index (χ2v) is 9.12. The summed E-state index contributed by atoms with van der Waals surface area (Å²) in [5.41, 5.74) is 1.03. The van der Waals surface area contributed by atoms with Crippen LogP contribution in [0.2, 0.25) is 0 Å². The molecule has 8 heteroatoms. The first kappa shape index (κ1) is 34.7. The van der Waals surface area contributed by atoms with E-state index in [0.717, 1.165) is 58.5 Å². The van der Waals surface area contributed by atoms with Gasteiger partial charge in [0, 0.05) is 17.7 Å². The van der Waals surface area contributed by atoms with Crippen LogP contribution < -0.4 is 16.0 Å². The van der Waals surface area contributed by atoms with Gasteiger partial charge in [-0.25, -0.2) is 0 Å². The predicted molar refractivity (Wildman–Crippen MR) is 154 cm³/mol. The molecule has 0 fully saturated rings. The summed E-state index contributed by atoms with van der Waals surface area (Å²) in [7, 11) is 0. The smallest absolute Gasteiger partial charge is 0.252 e. The Bertz CT molecular complexity index is 779. The van der Waals surface area contributed by atoms with E-state index in [9.17, 15) is 14.4 Å². The van der Waals surface area contributed by atoms with Gasteiger partial charge in [0.05, 0.1) is 12.2 Å². The van der Waals surface area contributed by atoms with Crippen LogP contribution in [0.15, 0.2) is 24.3 Å². The monoisotopic (exact) mass is 519 g/mol. The molecule has 0 aliphatic heterocycles. The lowest BCUT2D eigenvalue weighted by atomic mass is 10.1. The standard InChI is InChI=1S/C22H38N4O2.C7H15NO/c1-6-20(26(9-4)10-5)24-22(28)19-14-11-13-18(17-19)21(27)23-15-12-16-25(7-2)8-3;1-4-5-8-6(2)7(3)9/h11,13-14,17,20H,6-10,12,15-16H2,1-5H3,(H,23,27)(H,24,28);6,8H,4-5H2,1-3H3. The molecule has 0 spiro atoms. The number of nitrogens with zero attached hydrogens (tertiary/aromatic N) is 2. The molecule has 0 aliphatic rings. The number of benzene rings is 1. The molecule has 0 saturated carbocycles. The van der Waals surface area contributed by atoms with E-state index in [0.29, 0.717) is 17.7 Å². The van der Waals surface area contributed by atoms with Gasteiger partial charge < -0.3 is 20.9 Å². The van der Waals surface area contributed by atoms with Crippen molar-refractivity contribution >= 4 is 17.6 Å². The summed E-state index contributed by atoms with van der Waals surface area (Å²) in [5, 5.41) is 9.11. The Morgan fingerprint density at radius 2 is 1.46 bits per heavy atom. The van der Waals surface area contributed by atoms with E-state index in [1.54, 1.807) is 31.2 Å². The van der Waals surface area contributed by atoms with Gasteiger partial charge in [-0.2, -0.15) is 0 Å². The molecule has 212 valence electrons. The first-order valence-corrected chi connectivity index (χ1v) is 14.1. The maximum atomic E-state index is 12.7. The number of nitrogens with one attached hydrogen (secondary N) is 3. The number of amides is 2. The minimum absolute atomic E-state index is 0.0000553. The minimum atomic E-state index is -0.144. The number of carbonyl (C=O) groups is 3. The zero-order valence-corrected chi connectivity index (χ0v) is 24.7. The van der Waals surface area contributed by atoms with Crippen molar-refractivity contribution in [3.05, 3.63) is 35.4 Å². The third-order valence-electron chi connectivity index (χ3n) is 6.47. The highest BCUT2D eigenvalue weighted by Gasteiger charge is 2.18. The fourth-order valence-electron chi connectivity index (χ4n) is 3.80. The molecule has 1 aromatic carbocycles. The summed E-state index contributed by atoms with van der Waals surface area (Å²) in [5.74, 6) is -0.0663. The lowest BCUT2D eigenvalue weighted by Crippen LogP contribution is -2.47. The van der Waals surface area contributed by atoms with Crippen LogP contribution in [-0.2, 0) is 4.79 Å². The van der Waals surface area contributed by atoms with Crippen molar-refractivity contribution in [2.45, 2.75) is 86.9 Å². The van der Waals surface area contributed by atoms with Crippen molar-refractivity contribution in [1.29, 1.82) is 0 Å². The zero-order valence-electron chi connectivity index (χ0n) is 24.7. The second-order valence-electron chi connectivity index (χ2n) is 9.12. The van der Waals surface area contributed by atoms with E-state index in [1.165, 1.54) is 0 Å². The van der Waals surface area contributed by atoms with Crippen LogP contribution in [0.25, 0.3) is 0 Å². The van der Waals surface area contributed by atoms with Crippen LogP contribution in [0.3, 0.4) is 0 Å². The molecule has 0 heterocycles. The number of hydrogen-bond donors (Lipinski definition) is 3. The molecule has 0 saturated heterocycles. The van der Waals surface area contributed by atoms with Crippen LogP contribution >= 0.6 is 0 Å². The van der Waals surface area contributed by atoms with Crippen LogP contribution in [-0.4, -0.2) is 85.4 Å². The van der Waals surface area contributed by atoms with Gasteiger partial charge in [0.1, 0.15) is 5.78 Å². The highest BCUT2D eigenvalue weighted by atomic mass is 16.2. The van der Waals surface area contributed by atoms with Gasteiger partial charge in [-0.1, -0.05) is 47.6 Å². The van der Waals surface area contributed by atoms with Gasteiger partial charge >= 0.3 is 0 Å². The van der Waals surface area contributed by atoms with E-state index < -0.39 is 0 Å². The van der Waals surface area contributed by atoms with Crippen molar-refractivity contribution in [3.8, 4) is 0 Å². The maximum absolute atomic E-state index is 12.7. The predicted octanol–water partition coefficient (Wildman–Crippen LogP) is 3.92. The summed E-state index contributed by atoms with van der Waals surface area (Å²) < 4.78 is 0. The van der Waals surface area contributed by atoms with Crippen molar-refractivity contribution < 1.29 is 14.4 Å². The highest BCUT2D eigenvalue weighted by Crippen LogP contribution is 2.08. The molecule has 2 atom stereocenters. The highest BCUT2D eigenvalue weighted by molar-refractivity contribution is 5.99. The van der Waals surface area contributed by atoms with Gasteiger partial charge in [-0.3, -0.25) is 19.3 Å².